The van der Waals surface area contributed by atoms with Gasteiger partial charge in [0.15, 0.2) is 0 Å². The number of benzene rings is 3. The fourth-order valence-electron chi connectivity index (χ4n) is 3.51. The SMILES string of the molecule is COC(=O)c1cccc(N2C(=O)[C@@H](OC(=O)c3ccccc3)[C@@H](OC(=O)c3ccccc3)C2=O)c1. The Balaban J connectivity index is 1.68. The van der Waals surface area contributed by atoms with Crippen LogP contribution in [0.25, 0.3) is 0 Å². The molecule has 2 atom stereocenters. The molecular formula is C26H19NO8. The summed E-state index contributed by atoms with van der Waals surface area (Å²) in [4.78, 5) is 64.6. The first-order chi connectivity index (χ1) is 16.9. The zero-order chi connectivity index (χ0) is 24.9. The third-order valence-corrected chi connectivity index (χ3v) is 5.21. The number of ether oxygens (including phenoxy) is 3. The summed E-state index contributed by atoms with van der Waals surface area (Å²) >= 11 is 0. The van der Waals surface area contributed by atoms with Gasteiger partial charge in [-0.2, -0.15) is 0 Å². The van der Waals surface area contributed by atoms with Crippen LogP contribution in [0.2, 0.25) is 0 Å². The van der Waals surface area contributed by atoms with E-state index < -0.39 is 41.9 Å². The summed E-state index contributed by atoms with van der Waals surface area (Å²) in [6, 6.07) is 21.3. The number of amides is 2. The Morgan fingerprint density at radius 2 is 1.09 bits per heavy atom. The van der Waals surface area contributed by atoms with E-state index in [-0.39, 0.29) is 22.4 Å². The molecule has 1 aliphatic rings. The van der Waals surface area contributed by atoms with Crippen molar-refractivity contribution in [2.75, 3.05) is 12.0 Å². The summed E-state index contributed by atoms with van der Waals surface area (Å²) in [7, 11) is 1.19. The minimum absolute atomic E-state index is 0.0296. The second kappa shape index (κ2) is 10.0. The number of methoxy groups -OCH3 is 1. The Morgan fingerprint density at radius 1 is 0.629 bits per heavy atom. The van der Waals surface area contributed by atoms with Crippen LogP contribution in [-0.4, -0.2) is 49.0 Å². The number of anilines is 1. The fourth-order valence-corrected chi connectivity index (χ4v) is 3.51. The van der Waals surface area contributed by atoms with Crippen molar-refractivity contribution >= 4 is 35.4 Å². The molecule has 4 rings (SSSR count). The van der Waals surface area contributed by atoms with E-state index in [9.17, 15) is 24.0 Å². The molecule has 9 nitrogen and oxygen atoms in total. The fraction of sp³-hybridized carbons (Fsp3) is 0.115. The van der Waals surface area contributed by atoms with Crippen LogP contribution in [0, 0.1) is 0 Å². The van der Waals surface area contributed by atoms with Gasteiger partial charge < -0.3 is 14.2 Å². The Morgan fingerprint density at radius 3 is 1.54 bits per heavy atom. The maximum atomic E-state index is 13.3. The summed E-state index contributed by atoms with van der Waals surface area (Å²) in [5.41, 5.74) is 0.411. The Labute approximate surface area is 199 Å². The predicted molar refractivity (Wildman–Crippen MR) is 122 cm³/mol. The van der Waals surface area contributed by atoms with E-state index in [1.54, 1.807) is 36.4 Å². The van der Waals surface area contributed by atoms with Crippen LogP contribution in [0.4, 0.5) is 5.69 Å². The first kappa shape index (κ1) is 23.4. The number of hydrogen-bond acceptors (Lipinski definition) is 8. The number of rotatable bonds is 6. The summed E-state index contributed by atoms with van der Waals surface area (Å²) in [6.07, 6.45) is -3.46. The number of nitrogens with zero attached hydrogens (tertiary/aromatic N) is 1. The quantitative estimate of drug-likeness (QED) is 0.305. The van der Waals surface area contributed by atoms with E-state index in [4.69, 9.17) is 9.47 Å². The molecule has 1 fully saturated rings. The lowest BCUT2D eigenvalue weighted by Gasteiger charge is -2.16. The normalized spacial score (nSPS) is 17.1. The van der Waals surface area contributed by atoms with Crippen molar-refractivity contribution in [1.82, 2.24) is 0 Å². The van der Waals surface area contributed by atoms with Crippen molar-refractivity contribution < 1.29 is 38.2 Å². The highest BCUT2D eigenvalue weighted by Gasteiger charge is 2.53. The van der Waals surface area contributed by atoms with Crippen LogP contribution < -0.4 is 4.90 Å². The van der Waals surface area contributed by atoms with Crippen LogP contribution >= 0.6 is 0 Å². The van der Waals surface area contributed by atoms with Gasteiger partial charge in [0.2, 0.25) is 12.2 Å². The maximum Gasteiger partial charge on any atom is 0.339 e. The molecule has 0 saturated carbocycles. The van der Waals surface area contributed by atoms with Crippen molar-refractivity contribution in [3.05, 3.63) is 102 Å². The Kier molecular flexibility index (Phi) is 6.68. The molecule has 1 heterocycles. The van der Waals surface area contributed by atoms with Gasteiger partial charge in [-0.05, 0) is 42.5 Å². The van der Waals surface area contributed by atoms with E-state index in [0.717, 1.165) is 4.90 Å². The smallest absolute Gasteiger partial charge is 0.339 e. The molecule has 3 aromatic rings. The second-order valence-electron chi connectivity index (χ2n) is 7.44. The van der Waals surface area contributed by atoms with Crippen molar-refractivity contribution in [3.63, 3.8) is 0 Å². The number of carbonyl (C=O) groups excluding carboxylic acids is 5. The molecule has 0 bridgehead atoms. The summed E-state index contributed by atoms with van der Waals surface area (Å²) < 4.78 is 15.4. The lowest BCUT2D eigenvalue weighted by molar-refractivity contribution is -0.130. The van der Waals surface area contributed by atoms with Crippen molar-refractivity contribution in [1.29, 1.82) is 0 Å². The van der Waals surface area contributed by atoms with E-state index >= 15 is 0 Å². The van der Waals surface area contributed by atoms with Crippen molar-refractivity contribution in [2.45, 2.75) is 12.2 Å². The number of hydrogen-bond donors (Lipinski definition) is 0. The molecule has 1 aliphatic heterocycles. The molecule has 0 spiro atoms. The standard InChI is InChI=1S/C26H19NO8/c1-33-24(30)18-13-8-14-19(15-18)27-22(28)20(34-25(31)16-9-4-2-5-10-16)21(23(27)29)35-26(32)17-11-6-3-7-12-17/h2-15,20-21H,1H3/t20-,21+. The third-order valence-electron chi connectivity index (χ3n) is 5.21. The number of esters is 3. The zero-order valence-electron chi connectivity index (χ0n) is 18.5. The van der Waals surface area contributed by atoms with Gasteiger partial charge in [0.05, 0.1) is 29.5 Å². The van der Waals surface area contributed by atoms with Gasteiger partial charge >= 0.3 is 17.9 Å². The van der Waals surface area contributed by atoms with E-state index in [2.05, 4.69) is 4.74 Å². The van der Waals surface area contributed by atoms with Gasteiger partial charge in [0.1, 0.15) is 0 Å². The summed E-state index contributed by atoms with van der Waals surface area (Å²) in [6.45, 7) is 0. The Hall–Kier alpha value is -4.79. The van der Waals surface area contributed by atoms with Crippen molar-refractivity contribution in [2.24, 2.45) is 0 Å². The van der Waals surface area contributed by atoms with E-state index in [1.165, 1.54) is 55.6 Å². The minimum Gasteiger partial charge on any atom is -0.465 e. The average molecular weight is 473 g/mol. The van der Waals surface area contributed by atoms with Gasteiger partial charge in [0, 0.05) is 0 Å². The highest BCUT2D eigenvalue weighted by atomic mass is 16.6. The van der Waals surface area contributed by atoms with Crippen LogP contribution in [-0.2, 0) is 23.8 Å². The monoisotopic (exact) mass is 473 g/mol. The zero-order valence-corrected chi connectivity index (χ0v) is 18.5. The van der Waals surface area contributed by atoms with Crippen LogP contribution in [0.5, 0.6) is 0 Å². The molecule has 9 heteroatoms. The molecule has 0 N–H and O–H groups in total. The Bertz CT molecular complexity index is 1220. The first-order valence-electron chi connectivity index (χ1n) is 10.5. The van der Waals surface area contributed by atoms with Gasteiger partial charge in [-0.25, -0.2) is 19.3 Å². The largest absolute Gasteiger partial charge is 0.465 e. The minimum atomic E-state index is -1.73. The van der Waals surface area contributed by atoms with Gasteiger partial charge in [0.25, 0.3) is 11.8 Å². The number of imide groups is 1. The van der Waals surface area contributed by atoms with Gasteiger partial charge in [-0.3, -0.25) is 9.59 Å². The molecule has 0 aliphatic carbocycles. The molecule has 0 unspecified atom stereocenters. The van der Waals surface area contributed by atoms with Crippen LogP contribution in [0.1, 0.15) is 31.1 Å². The highest BCUT2D eigenvalue weighted by Crippen LogP contribution is 2.29. The predicted octanol–water partition coefficient (Wildman–Crippen LogP) is 2.80. The second-order valence-corrected chi connectivity index (χ2v) is 7.44. The maximum absolute atomic E-state index is 13.3. The highest BCUT2D eigenvalue weighted by molar-refractivity contribution is 6.25. The molecular weight excluding hydrogens is 454 g/mol. The molecule has 1 saturated heterocycles. The third kappa shape index (κ3) is 4.79. The molecule has 3 aromatic carbocycles. The van der Waals surface area contributed by atoms with Crippen LogP contribution in [0.15, 0.2) is 84.9 Å². The summed E-state index contributed by atoms with van der Waals surface area (Å²) in [5.74, 6) is -4.27. The molecule has 35 heavy (non-hydrogen) atoms. The van der Waals surface area contributed by atoms with Gasteiger partial charge in [-0.15, -0.1) is 0 Å². The summed E-state index contributed by atoms with van der Waals surface area (Å²) in [5, 5.41) is 0. The molecule has 0 radical (unpaired) electrons. The average Bonchev–Trinajstić information content (AvgIpc) is 3.12. The number of carbonyl (C=O) groups is 5. The van der Waals surface area contributed by atoms with E-state index in [0.29, 0.717) is 0 Å². The van der Waals surface area contributed by atoms with E-state index in [1.807, 2.05) is 0 Å². The topological polar surface area (TPSA) is 116 Å². The lowest BCUT2D eigenvalue weighted by Crippen LogP contribution is -2.37. The lowest BCUT2D eigenvalue weighted by atomic mass is 10.2. The molecule has 176 valence electrons. The van der Waals surface area contributed by atoms with Gasteiger partial charge in [-0.1, -0.05) is 42.5 Å². The van der Waals surface area contributed by atoms with Crippen molar-refractivity contribution in [3.8, 4) is 0 Å². The van der Waals surface area contributed by atoms with Crippen LogP contribution in [0.3, 0.4) is 0 Å². The molecule has 0 aromatic heterocycles. The first-order valence-corrected chi connectivity index (χ1v) is 10.5. The molecule has 2 amide bonds.